The first-order valence-electron chi connectivity index (χ1n) is 9.15. The van der Waals surface area contributed by atoms with Gasteiger partial charge in [-0.1, -0.05) is 12.8 Å². The molecule has 7 nitrogen and oxygen atoms in total. The number of aromatic nitrogens is 4. The van der Waals surface area contributed by atoms with Gasteiger partial charge >= 0.3 is 0 Å². The van der Waals surface area contributed by atoms with Crippen LogP contribution >= 0.6 is 0 Å². The second kappa shape index (κ2) is 7.76. The molecule has 2 aromatic heterocycles. The Labute approximate surface area is 152 Å². The average Bonchev–Trinajstić information content (AvgIpc) is 3.12. The van der Waals surface area contributed by atoms with E-state index in [2.05, 4.69) is 19.9 Å². The summed E-state index contributed by atoms with van der Waals surface area (Å²) in [5, 5.41) is 0. The van der Waals surface area contributed by atoms with E-state index in [9.17, 15) is 9.59 Å². The van der Waals surface area contributed by atoms with Gasteiger partial charge in [-0.25, -0.2) is 15.0 Å². The van der Waals surface area contributed by atoms with Crippen LogP contribution in [0.3, 0.4) is 0 Å². The van der Waals surface area contributed by atoms with Crippen molar-refractivity contribution in [2.24, 2.45) is 0 Å². The number of hydrogen-bond donors (Lipinski definition) is 1. The predicted molar refractivity (Wildman–Crippen MR) is 98.6 cm³/mol. The minimum absolute atomic E-state index is 0.00832. The summed E-state index contributed by atoms with van der Waals surface area (Å²) in [5.41, 5.74) is 0.654. The van der Waals surface area contributed by atoms with Crippen LogP contribution in [0.4, 0.5) is 0 Å². The monoisotopic (exact) mass is 355 g/mol. The van der Waals surface area contributed by atoms with Crippen molar-refractivity contribution in [3.63, 3.8) is 0 Å². The van der Waals surface area contributed by atoms with Crippen LogP contribution in [0.15, 0.2) is 23.3 Å². The molecule has 0 saturated heterocycles. The zero-order chi connectivity index (χ0) is 18.7. The van der Waals surface area contributed by atoms with Crippen LogP contribution in [0.1, 0.15) is 50.8 Å². The molecular formula is C19H25N5O2. The number of carbonyl (C=O) groups excluding carboxylic acids is 1. The maximum Gasteiger partial charge on any atom is 0.255 e. The molecule has 0 aromatic carbocycles. The van der Waals surface area contributed by atoms with Crippen LogP contribution in [0, 0.1) is 6.92 Å². The maximum atomic E-state index is 12.9. The fraction of sp³-hybridized carbons (Fsp3) is 0.526. The Balaban J connectivity index is 1.85. The number of hydrogen-bond acceptors (Lipinski definition) is 5. The van der Waals surface area contributed by atoms with E-state index in [-0.39, 0.29) is 30.0 Å². The molecule has 26 heavy (non-hydrogen) atoms. The second-order valence-corrected chi connectivity index (χ2v) is 7.06. The lowest BCUT2D eigenvalue weighted by atomic mass is 10.1. The molecule has 7 heteroatoms. The third-order valence-corrected chi connectivity index (χ3v) is 4.89. The number of aromatic amines is 1. The highest BCUT2D eigenvalue weighted by molar-refractivity contribution is 5.79. The molecule has 1 aliphatic rings. The Morgan fingerprint density at radius 1 is 1.27 bits per heavy atom. The van der Waals surface area contributed by atoms with Crippen molar-refractivity contribution < 1.29 is 4.79 Å². The summed E-state index contributed by atoms with van der Waals surface area (Å²) in [5.74, 6) is 0.673. The van der Waals surface area contributed by atoms with E-state index in [1.807, 2.05) is 18.7 Å². The molecule has 138 valence electrons. The van der Waals surface area contributed by atoms with Gasteiger partial charge in [-0.15, -0.1) is 0 Å². The van der Waals surface area contributed by atoms with Crippen LogP contribution in [-0.2, 0) is 11.2 Å². The Hall–Kier alpha value is -2.57. The van der Waals surface area contributed by atoms with E-state index in [1.54, 1.807) is 25.4 Å². The van der Waals surface area contributed by atoms with E-state index < -0.39 is 0 Å². The molecule has 1 N–H and O–H groups in total. The van der Waals surface area contributed by atoms with Crippen molar-refractivity contribution in [1.82, 2.24) is 24.8 Å². The molecule has 1 saturated carbocycles. The number of H-pyrrole nitrogens is 1. The third kappa shape index (κ3) is 3.81. The smallest absolute Gasteiger partial charge is 0.255 e. The third-order valence-electron chi connectivity index (χ3n) is 4.89. The fourth-order valence-electron chi connectivity index (χ4n) is 3.68. The summed E-state index contributed by atoms with van der Waals surface area (Å²) in [6, 6.07) is 2.10. The van der Waals surface area contributed by atoms with Crippen molar-refractivity contribution in [3.8, 4) is 11.6 Å². The van der Waals surface area contributed by atoms with E-state index in [1.165, 1.54) is 0 Å². The van der Waals surface area contributed by atoms with Gasteiger partial charge in [-0.3, -0.25) is 9.59 Å². The van der Waals surface area contributed by atoms with E-state index in [4.69, 9.17) is 0 Å². The summed E-state index contributed by atoms with van der Waals surface area (Å²) in [6.07, 6.45) is 7.67. The predicted octanol–water partition coefficient (Wildman–Crippen LogP) is 2.26. The van der Waals surface area contributed by atoms with Crippen molar-refractivity contribution in [2.75, 3.05) is 0 Å². The lowest BCUT2D eigenvalue weighted by molar-refractivity contribution is -0.134. The van der Waals surface area contributed by atoms with E-state index in [0.29, 0.717) is 22.9 Å². The van der Waals surface area contributed by atoms with Crippen LogP contribution in [-0.4, -0.2) is 42.8 Å². The Morgan fingerprint density at radius 2 is 1.92 bits per heavy atom. The molecule has 0 spiro atoms. The van der Waals surface area contributed by atoms with Gasteiger partial charge in [0.2, 0.25) is 5.91 Å². The molecule has 2 heterocycles. The Bertz CT molecular complexity index is 826. The van der Waals surface area contributed by atoms with Crippen molar-refractivity contribution in [1.29, 1.82) is 0 Å². The van der Waals surface area contributed by atoms with Gasteiger partial charge in [-0.05, 0) is 39.7 Å². The zero-order valence-corrected chi connectivity index (χ0v) is 15.5. The summed E-state index contributed by atoms with van der Waals surface area (Å²) >= 11 is 0. The first-order chi connectivity index (χ1) is 12.5. The highest BCUT2D eigenvalue weighted by Crippen LogP contribution is 2.25. The van der Waals surface area contributed by atoms with Crippen molar-refractivity contribution >= 4 is 5.91 Å². The van der Waals surface area contributed by atoms with Crippen LogP contribution < -0.4 is 5.56 Å². The summed E-state index contributed by atoms with van der Waals surface area (Å²) in [6.45, 7) is 5.81. The second-order valence-electron chi connectivity index (χ2n) is 7.06. The zero-order valence-electron chi connectivity index (χ0n) is 15.5. The SMILES string of the molecule is Cc1nc(-c2ncccn2)[nH]c(=O)c1CC(=O)N(C(C)C)C1CCCC1. The van der Waals surface area contributed by atoms with Gasteiger partial charge in [-0.2, -0.15) is 0 Å². The molecule has 0 bridgehead atoms. The summed E-state index contributed by atoms with van der Waals surface area (Å²) in [7, 11) is 0. The maximum absolute atomic E-state index is 12.9. The molecule has 0 unspecified atom stereocenters. The summed E-state index contributed by atoms with van der Waals surface area (Å²) in [4.78, 5) is 42.8. The highest BCUT2D eigenvalue weighted by Gasteiger charge is 2.29. The molecular weight excluding hydrogens is 330 g/mol. The summed E-state index contributed by atoms with van der Waals surface area (Å²) < 4.78 is 0. The first-order valence-corrected chi connectivity index (χ1v) is 9.15. The largest absolute Gasteiger partial charge is 0.337 e. The average molecular weight is 355 g/mol. The minimum Gasteiger partial charge on any atom is -0.337 e. The van der Waals surface area contributed by atoms with E-state index >= 15 is 0 Å². The minimum atomic E-state index is -0.302. The standard InChI is InChI=1S/C19H25N5O2/c1-12(2)24(14-7-4-5-8-14)16(25)11-15-13(3)22-18(23-19(15)26)17-20-9-6-10-21-17/h6,9-10,12,14H,4-5,7-8,11H2,1-3H3,(H,22,23,26). The quantitative estimate of drug-likeness (QED) is 0.888. The molecule has 0 aliphatic heterocycles. The van der Waals surface area contributed by atoms with Crippen molar-refractivity contribution in [3.05, 3.63) is 40.1 Å². The highest BCUT2D eigenvalue weighted by atomic mass is 16.2. The number of aryl methyl sites for hydroxylation is 1. The van der Waals surface area contributed by atoms with E-state index in [0.717, 1.165) is 25.7 Å². The number of amides is 1. The number of carbonyl (C=O) groups is 1. The molecule has 3 rings (SSSR count). The molecule has 1 fully saturated rings. The lowest BCUT2D eigenvalue weighted by Crippen LogP contribution is -2.45. The normalized spacial score (nSPS) is 14.8. The molecule has 0 radical (unpaired) electrons. The number of nitrogens with one attached hydrogen (secondary N) is 1. The lowest BCUT2D eigenvalue weighted by Gasteiger charge is -2.33. The number of rotatable bonds is 5. The first kappa shape index (κ1) is 18.2. The number of nitrogens with zero attached hydrogens (tertiary/aromatic N) is 4. The Kier molecular flexibility index (Phi) is 5.44. The Morgan fingerprint density at radius 3 is 2.50 bits per heavy atom. The van der Waals surface area contributed by atoms with Gasteiger partial charge in [0.25, 0.3) is 5.56 Å². The van der Waals surface area contributed by atoms with Gasteiger partial charge in [0, 0.05) is 35.7 Å². The van der Waals surface area contributed by atoms with Gasteiger partial charge in [0.1, 0.15) is 0 Å². The fourth-order valence-corrected chi connectivity index (χ4v) is 3.68. The van der Waals surface area contributed by atoms with Crippen LogP contribution in [0.2, 0.25) is 0 Å². The molecule has 1 amide bonds. The van der Waals surface area contributed by atoms with Crippen LogP contribution in [0.25, 0.3) is 11.6 Å². The van der Waals surface area contributed by atoms with Gasteiger partial charge in [0.05, 0.1) is 6.42 Å². The molecule has 1 aliphatic carbocycles. The van der Waals surface area contributed by atoms with Gasteiger partial charge in [0.15, 0.2) is 11.6 Å². The van der Waals surface area contributed by atoms with Gasteiger partial charge < -0.3 is 9.88 Å². The van der Waals surface area contributed by atoms with Crippen LogP contribution in [0.5, 0.6) is 0 Å². The van der Waals surface area contributed by atoms with Crippen molar-refractivity contribution in [2.45, 2.75) is 65.0 Å². The molecule has 0 atom stereocenters. The molecule has 2 aromatic rings. The topological polar surface area (TPSA) is 91.8 Å².